The van der Waals surface area contributed by atoms with Crippen molar-refractivity contribution in [2.24, 2.45) is 13.0 Å². The van der Waals surface area contributed by atoms with Gasteiger partial charge >= 0.3 is 0 Å². The predicted molar refractivity (Wildman–Crippen MR) is 75.5 cm³/mol. The van der Waals surface area contributed by atoms with E-state index in [1.165, 1.54) is 37.7 Å². The molecule has 1 aromatic heterocycles. The van der Waals surface area contributed by atoms with E-state index >= 15 is 0 Å². The van der Waals surface area contributed by atoms with Crippen LogP contribution in [0.2, 0.25) is 0 Å². The van der Waals surface area contributed by atoms with Crippen LogP contribution in [-0.2, 0) is 7.05 Å². The molecule has 1 aliphatic carbocycles. The zero-order valence-corrected chi connectivity index (χ0v) is 12.2. The molecule has 3 atom stereocenters. The van der Waals surface area contributed by atoms with Crippen molar-refractivity contribution in [1.29, 1.82) is 0 Å². The van der Waals surface area contributed by atoms with Gasteiger partial charge in [0.15, 0.2) is 0 Å². The summed E-state index contributed by atoms with van der Waals surface area (Å²) in [4.78, 5) is 0. The van der Waals surface area contributed by atoms with Gasteiger partial charge in [-0.3, -0.25) is 4.68 Å². The minimum absolute atomic E-state index is 0.407. The Balaban J connectivity index is 2.01. The second-order valence-corrected chi connectivity index (χ2v) is 5.95. The van der Waals surface area contributed by atoms with Crippen molar-refractivity contribution < 1.29 is 0 Å². The van der Waals surface area contributed by atoms with Crippen molar-refractivity contribution in [2.45, 2.75) is 65.0 Å². The van der Waals surface area contributed by atoms with Crippen LogP contribution >= 0.6 is 0 Å². The lowest BCUT2D eigenvalue weighted by atomic mass is 9.95. The Bertz CT molecular complexity index is 383. The highest BCUT2D eigenvalue weighted by atomic mass is 15.3. The van der Waals surface area contributed by atoms with Crippen LogP contribution in [-0.4, -0.2) is 15.8 Å². The first-order valence-electron chi connectivity index (χ1n) is 7.34. The third kappa shape index (κ3) is 3.14. The molecule has 3 nitrogen and oxygen atoms in total. The van der Waals surface area contributed by atoms with Crippen LogP contribution in [0, 0.1) is 12.8 Å². The molecule has 102 valence electrons. The Hall–Kier alpha value is -0.830. The molecule has 1 aromatic rings. The molecule has 1 saturated carbocycles. The van der Waals surface area contributed by atoms with E-state index in [1.807, 2.05) is 11.7 Å². The van der Waals surface area contributed by atoms with E-state index in [9.17, 15) is 0 Å². The van der Waals surface area contributed by atoms with Gasteiger partial charge in [-0.15, -0.1) is 0 Å². The van der Waals surface area contributed by atoms with E-state index in [2.05, 4.69) is 37.4 Å². The van der Waals surface area contributed by atoms with E-state index in [0.717, 1.165) is 11.6 Å². The highest BCUT2D eigenvalue weighted by Crippen LogP contribution is 2.26. The van der Waals surface area contributed by atoms with Crippen LogP contribution < -0.4 is 5.32 Å². The van der Waals surface area contributed by atoms with Gasteiger partial charge in [0.05, 0.1) is 5.69 Å². The van der Waals surface area contributed by atoms with Crippen LogP contribution in [0.3, 0.4) is 0 Å². The molecule has 0 amide bonds. The molecule has 1 fully saturated rings. The number of nitrogens with one attached hydrogen (secondary N) is 1. The quantitative estimate of drug-likeness (QED) is 0.833. The summed E-state index contributed by atoms with van der Waals surface area (Å²) in [6.07, 6.45) is 9.03. The Labute approximate surface area is 111 Å². The Kier molecular flexibility index (Phi) is 4.44. The zero-order chi connectivity index (χ0) is 13.1. The van der Waals surface area contributed by atoms with E-state index < -0.39 is 0 Å². The van der Waals surface area contributed by atoms with Crippen molar-refractivity contribution in [3.8, 4) is 0 Å². The fraction of sp³-hybridized carbons (Fsp3) is 0.800. The Morgan fingerprint density at radius 3 is 2.72 bits per heavy atom. The molecule has 18 heavy (non-hydrogen) atoms. The standard InChI is InChI=1S/C15H27N3/c1-11-8-6-5-7-9-15(11)16-12(2)14-10-18(4)17-13(14)3/h10-12,15-16H,5-9H2,1-4H3. The topological polar surface area (TPSA) is 29.9 Å². The smallest absolute Gasteiger partial charge is 0.0641 e. The lowest BCUT2D eigenvalue weighted by molar-refractivity contribution is 0.330. The summed E-state index contributed by atoms with van der Waals surface area (Å²) in [6.45, 7) is 6.76. The Morgan fingerprint density at radius 2 is 2.06 bits per heavy atom. The first-order chi connectivity index (χ1) is 8.58. The molecule has 3 heteroatoms. The normalized spacial score (nSPS) is 26.9. The molecule has 0 spiro atoms. The van der Waals surface area contributed by atoms with Crippen molar-refractivity contribution in [1.82, 2.24) is 15.1 Å². The van der Waals surface area contributed by atoms with E-state index in [4.69, 9.17) is 0 Å². The second kappa shape index (κ2) is 5.87. The summed E-state index contributed by atoms with van der Waals surface area (Å²) in [7, 11) is 2.00. The first kappa shape index (κ1) is 13.6. The maximum absolute atomic E-state index is 4.44. The zero-order valence-electron chi connectivity index (χ0n) is 12.2. The average molecular weight is 249 g/mol. The SMILES string of the molecule is Cc1nn(C)cc1C(C)NC1CCCCCC1C. The number of nitrogens with zero attached hydrogens (tertiary/aromatic N) is 2. The summed E-state index contributed by atoms with van der Waals surface area (Å²) in [5.74, 6) is 0.798. The van der Waals surface area contributed by atoms with Gasteiger partial charge in [0.2, 0.25) is 0 Å². The maximum Gasteiger partial charge on any atom is 0.0641 e. The Morgan fingerprint density at radius 1 is 1.33 bits per heavy atom. The van der Waals surface area contributed by atoms with E-state index in [0.29, 0.717) is 12.1 Å². The number of rotatable bonds is 3. The van der Waals surface area contributed by atoms with Gasteiger partial charge in [-0.2, -0.15) is 5.10 Å². The van der Waals surface area contributed by atoms with Crippen molar-refractivity contribution in [3.63, 3.8) is 0 Å². The molecule has 1 aliphatic rings. The first-order valence-corrected chi connectivity index (χ1v) is 7.34. The maximum atomic E-state index is 4.44. The fourth-order valence-electron chi connectivity index (χ4n) is 3.19. The van der Waals surface area contributed by atoms with Gasteiger partial charge in [0, 0.05) is 30.9 Å². The van der Waals surface area contributed by atoms with Gasteiger partial charge < -0.3 is 5.32 Å². The van der Waals surface area contributed by atoms with Crippen LogP contribution in [0.1, 0.15) is 63.3 Å². The second-order valence-electron chi connectivity index (χ2n) is 5.95. The molecular formula is C15H27N3. The molecule has 1 heterocycles. The lowest BCUT2D eigenvalue weighted by Crippen LogP contribution is -2.36. The van der Waals surface area contributed by atoms with Crippen LogP contribution in [0.15, 0.2) is 6.20 Å². The van der Waals surface area contributed by atoms with Gasteiger partial charge in [-0.05, 0) is 32.6 Å². The summed E-state index contributed by atoms with van der Waals surface area (Å²) >= 11 is 0. The summed E-state index contributed by atoms with van der Waals surface area (Å²) in [5.41, 5.74) is 2.49. The third-order valence-electron chi connectivity index (χ3n) is 4.34. The van der Waals surface area contributed by atoms with Gasteiger partial charge in [0.25, 0.3) is 0 Å². The number of hydrogen-bond donors (Lipinski definition) is 1. The average Bonchev–Trinajstić information content (AvgIpc) is 2.52. The number of hydrogen-bond acceptors (Lipinski definition) is 2. The van der Waals surface area contributed by atoms with Gasteiger partial charge in [0.1, 0.15) is 0 Å². The molecule has 2 rings (SSSR count). The van der Waals surface area contributed by atoms with Crippen LogP contribution in [0.5, 0.6) is 0 Å². The molecule has 0 saturated heterocycles. The fourth-order valence-corrected chi connectivity index (χ4v) is 3.19. The van der Waals surface area contributed by atoms with E-state index in [-0.39, 0.29) is 0 Å². The molecular weight excluding hydrogens is 222 g/mol. The number of aryl methyl sites for hydroxylation is 2. The van der Waals surface area contributed by atoms with Crippen molar-refractivity contribution in [2.75, 3.05) is 0 Å². The highest BCUT2D eigenvalue weighted by molar-refractivity contribution is 5.19. The summed E-state index contributed by atoms with van der Waals surface area (Å²) < 4.78 is 1.92. The highest BCUT2D eigenvalue weighted by Gasteiger charge is 2.22. The molecule has 3 unspecified atom stereocenters. The monoisotopic (exact) mass is 249 g/mol. The van der Waals surface area contributed by atoms with Crippen LogP contribution in [0.4, 0.5) is 0 Å². The number of aromatic nitrogens is 2. The van der Waals surface area contributed by atoms with Crippen LogP contribution in [0.25, 0.3) is 0 Å². The molecule has 1 N–H and O–H groups in total. The third-order valence-corrected chi connectivity index (χ3v) is 4.34. The van der Waals surface area contributed by atoms with Crippen molar-refractivity contribution in [3.05, 3.63) is 17.5 Å². The largest absolute Gasteiger partial charge is 0.307 e. The molecule has 0 bridgehead atoms. The lowest BCUT2D eigenvalue weighted by Gasteiger charge is -2.26. The van der Waals surface area contributed by atoms with Gasteiger partial charge in [-0.1, -0.05) is 26.2 Å². The minimum Gasteiger partial charge on any atom is -0.307 e. The van der Waals surface area contributed by atoms with Crippen molar-refractivity contribution >= 4 is 0 Å². The van der Waals surface area contributed by atoms with Gasteiger partial charge in [-0.25, -0.2) is 0 Å². The molecule has 0 aliphatic heterocycles. The predicted octanol–water partition coefficient (Wildman–Crippen LogP) is 3.35. The molecule has 0 aromatic carbocycles. The summed E-state index contributed by atoms with van der Waals surface area (Å²) in [6, 6.07) is 1.08. The van der Waals surface area contributed by atoms with E-state index in [1.54, 1.807) is 0 Å². The molecule has 0 radical (unpaired) electrons. The summed E-state index contributed by atoms with van der Waals surface area (Å²) in [5, 5.41) is 8.27. The minimum atomic E-state index is 0.407.